The highest BCUT2D eigenvalue weighted by atomic mass is 32.2. The number of nitrogens with two attached hydrogens (primary N) is 1. The first kappa shape index (κ1) is 11.3. The van der Waals surface area contributed by atoms with Gasteiger partial charge < -0.3 is 10.5 Å². The van der Waals surface area contributed by atoms with E-state index in [0.29, 0.717) is 6.42 Å². The van der Waals surface area contributed by atoms with Gasteiger partial charge in [0.05, 0.1) is 0 Å². The van der Waals surface area contributed by atoms with Gasteiger partial charge in [0.25, 0.3) is 5.91 Å². The molecule has 0 spiro atoms. The molecule has 0 saturated carbocycles. The highest BCUT2D eigenvalue weighted by molar-refractivity contribution is 7.98. The lowest BCUT2D eigenvalue weighted by atomic mass is 10.2. The first-order chi connectivity index (χ1) is 5.57. The van der Waals surface area contributed by atoms with Crippen LogP contribution in [-0.2, 0) is 14.3 Å². The van der Waals surface area contributed by atoms with Crippen molar-refractivity contribution < 1.29 is 14.3 Å². The summed E-state index contributed by atoms with van der Waals surface area (Å²) in [6, 6.07) is 0. The minimum Gasteiger partial charge on any atom is -0.452 e. The molecule has 0 aliphatic rings. The van der Waals surface area contributed by atoms with Crippen LogP contribution in [0.25, 0.3) is 0 Å². The predicted octanol–water partition coefficient (Wildman–Crippen LogP) is 0.156. The Bertz CT molecular complexity index is 172. The standard InChI is InChI=1S/C7H13NO3S/c1-5(9)11-6(7(8)10)3-4-12-2/h6H,3-4H2,1-2H3,(H2,8,10). The number of rotatable bonds is 5. The van der Waals surface area contributed by atoms with Gasteiger partial charge in [-0.3, -0.25) is 9.59 Å². The molecule has 12 heavy (non-hydrogen) atoms. The molecule has 0 heterocycles. The Balaban J connectivity index is 3.87. The van der Waals surface area contributed by atoms with Gasteiger partial charge in [0.2, 0.25) is 0 Å². The average molecular weight is 191 g/mol. The molecular weight excluding hydrogens is 178 g/mol. The number of carbonyl (C=O) groups is 2. The van der Waals surface area contributed by atoms with Crippen LogP contribution in [0, 0.1) is 0 Å². The second-order valence-corrected chi connectivity index (χ2v) is 3.27. The monoisotopic (exact) mass is 191 g/mol. The maximum Gasteiger partial charge on any atom is 0.303 e. The van der Waals surface area contributed by atoms with Gasteiger partial charge in [-0.15, -0.1) is 0 Å². The quantitative estimate of drug-likeness (QED) is 0.628. The minimum atomic E-state index is -0.769. The number of thioether (sulfide) groups is 1. The number of carbonyl (C=O) groups excluding carboxylic acids is 2. The zero-order valence-corrected chi connectivity index (χ0v) is 8.02. The summed E-state index contributed by atoms with van der Waals surface area (Å²) in [6.07, 6.45) is 1.62. The summed E-state index contributed by atoms with van der Waals surface area (Å²) < 4.78 is 4.69. The van der Waals surface area contributed by atoms with Crippen LogP contribution < -0.4 is 5.73 Å². The van der Waals surface area contributed by atoms with E-state index in [1.54, 1.807) is 11.8 Å². The van der Waals surface area contributed by atoms with Crippen LogP contribution >= 0.6 is 11.8 Å². The topological polar surface area (TPSA) is 69.4 Å². The SMILES string of the molecule is CSCCC(OC(C)=O)C(N)=O. The van der Waals surface area contributed by atoms with Crippen molar-refractivity contribution in [1.29, 1.82) is 0 Å². The molecule has 1 amide bonds. The van der Waals surface area contributed by atoms with E-state index in [9.17, 15) is 9.59 Å². The smallest absolute Gasteiger partial charge is 0.303 e. The molecule has 0 bridgehead atoms. The van der Waals surface area contributed by atoms with Crippen molar-refractivity contribution in [1.82, 2.24) is 0 Å². The third kappa shape index (κ3) is 5.01. The second kappa shape index (κ2) is 5.88. The number of hydrogen-bond donors (Lipinski definition) is 1. The summed E-state index contributed by atoms with van der Waals surface area (Å²) in [7, 11) is 0. The zero-order valence-electron chi connectivity index (χ0n) is 7.20. The molecule has 0 aliphatic heterocycles. The third-order valence-corrected chi connectivity index (χ3v) is 1.85. The van der Waals surface area contributed by atoms with Gasteiger partial charge in [-0.05, 0) is 12.0 Å². The van der Waals surface area contributed by atoms with Crippen LogP contribution in [0.1, 0.15) is 13.3 Å². The van der Waals surface area contributed by atoms with Crippen LogP contribution in [0.5, 0.6) is 0 Å². The fourth-order valence-electron chi connectivity index (χ4n) is 0.684. The predicted molar refractivity (Wildman–Crippen MR) is 47.7 cm³/mol. The maximum absolute atomic E-state index is 10.7. The van der Waals surface area contributed by atoms with Gasteiger partial charge in [-0.25, -0.2) is 0 Å². The van der Waals surface area contributed by atoms with Gasteiger partial charge >= 0.3 is 5.97 Å². The highest BCUT2D eigenvalue weighted by Gasteiger charge is 2.17. The summed E-state index contributed by atoms with van der Waals surface area (Å²) in [5.74, 6) is -0.305. The van der Waals surface area contributed by atoms with Crippen molar-refractivity contribution in [3.8, 4) is 0 Å². The molecule has 1 atom stereocenters. The highest BCUT2D eigenvalue weighted by Crippen LogP contribution is 2.04. The summed E-state index contributed by atoms with van der Waals surface area (Å²) >= 11 is 1.58. The van der Waals surface area contributed by atoms with E-state index in [0.717, 1.165) is 5.75 Å². The Morgan fingerprint density at radius 1 is 1.58 bits per heavy atom. The Morgan fingerprint density at radius 3 is 2.50 bits per heavy atom. The Hall–Kier alpha value is -0.710. The Kier molecular flexibility index (Phi) is 5.53. The van der Waals surface area contributed by atoms with E-state index < -0.39 is 18.0 Å². The van der Waals surface area contributed by atoms with E-state index in [1.165, 1.54) is 6.92 Å². The second-order valence-electron chi connectivity index (χ2n) is 2.28. The largest absolute Gasteiger partial charge is 0.452 e. The van der Waals surface area contributed by atoms with Crippen LogP contribution in [0.2, 0.25) is 0 Å². The number of amides is 1. The van der Waals surface area contributed by atoms with Crippen LogP contribution in [0.3, 0.4) is 0 Å². The van der Waals surface area contributed by atoms with Crippen molar-refractivity contribution in [2.24, 2.45) is 5.73 Å². The molecule has 2 N–H and O–H groups in total. The summed E-state index contributed by atoms with van der Waals surface area (Å²) in [6.45, 7) is 1.26. The molecule has 0 aromatic heterocycles. The maximum atomic E-state index is 10.7. The lowest BCUT2D eigenvalue weighted by Crippen LogP contribution is -2.33. The first-order valence-electron chi connectivity index (χ1n) is 3.53. The van der Waals surface area contributed by atoms with E-state index >= 15 is 0 Å². The average Bonchev–Trinajstić information content (AvgIpc) is 1.96. The molecule has 0 aromatic carbocycles. The molecule has 0 radical (unpaired) electrons. The number of esters is 1. The van der Waals surface area contributed by atoms with Crippen LogP contribution in [-0.4, -0.2) is 30.0 Å². The van der Waals surface area contributed by atoms with Gasteiger partial charge in [-0.1, -0.05) is 0 Å². The van der Waals surface area contributed by atoms with E-state index in [4.69, 9.17) is 5.73 Å². The molecule has 4 nitrogen and oxygen atoms in total. The molecule has 0 saturated heterocycles. The van der Waals surface area contributed by atoms with Crippen molar-refractivity contribution in [2.75, 3.05) is 12.0 Å². The fraction of sp³-hybridized carbons (Fsp3) is 0.714. The van der Waals surface area contributed by atoms with Gasteiger partial charge in [0.15, 0.2) is 6.10 Å². The normalized spacial score (nSPS) is 12.2. The summed E-state index contributed by atoms with van der Waals surface area (Å²) in [5, 5.41) is 0. The Morgan fingerprint density at radius 2 is 2.17 bits per heavy atom. The van der Waals surface area contributed by atoms with Crippen molar-refractivity contribution in [3.63, 3.8) is 0 Å². The Labute approximate surface area is 75.8 Å². The van der Waals surface area contributed by atoms with Gasteiger partial charge in [0.1, 0.15) is 0 Å². The van der Waals surface area contributed by atoms with Gasteiger partial charge in [0, 0.05) is 13.3 Å². The van der Waals surface area contributed by atoms with E-state index in [2.05, 4.69) is 4.74 Å². The van der Waals surface area contributed by atoms with Crippen molar-refractivity contribution in [2.45, 2.75) is 19.4 Å². The summed E-state index contributed by atoms with van der Waals surface area (Å²) in [4.78, 5) is 21.2. The first-order valence-corrected chi connectivity index (χ1v) is 4.92. The lowest BCUT2D eigenvalue weighted by Gasteiger charge is -2.11. The minimum absolute atomic E-state index is 0.472. The molecule has 0 aromatic rings. The number of hydrogen-bond acceptors (Lipinski definition) is 4. The van der Waals surface area contributed by atoms with Crippen LogP contribution in [0.4, 0.5) is 0 Å². The van der Waals surface area contributed by atoms with Crippen molar-refractivity contribution >= 4 is 23.6 Å². The number of primary amides is 1. The molecule has 70 valence electrons. The zero-order chi connectivity index (χ0) is 9.56. The molecule has 0 rings (SSSR count). The van der Waals surface area contributed by atoms with E-state index in [-0.39, 0.29) is 0 Å². The summed E-state index contributed by atoms with van der Waals surface area (Å²) in [5.41, 5.74) is 5.00. The molecule has 5 heteroatoms. The van der Waals surface area contributed by atoms with E-state index in [1.807, 2.05) is 6.26 Å². The van der Waals surface area contributed by atoms with Crippen LogP contribution in [0.15, 0.2) is 0 Å². The molecule has 0 aliphatic carbocycles. The third-order valence-electron chi connectivity index (χ3n) is 1.21. The van der Waals surface area contributed by atoms with Crippen molar-refractivity contribution in [3.05, 3.63) is 0 Å². The molecule has 1 unspecified atom stereocenters. The number of ether oxygens (including phenoxy) is 1. The molecule has 0 fully saturated rings. The lowest BCUT2D eigenvalue weighted by molar-refractivity contribution is -0.152. The fourth-order valence-corrected chi connectivity index (χ4v) is 1.13. The van der Waals surface area contributed by atoms with Gasteiger partial charge in [-0.2, -0.15) is 11.8 Å². The molecular formula is C7H13NO3S.